The molecule has 0 aliphatic carbocycles. The number of aromatic nitrogens is 3. The van der Waals surface area contributed by atoms with Crippen LogP contribution in [0.1, 0.15) is 29.5 Å². The third-order valence-corrected chi connectivity index (χ3v) is 5.80. The van der Waals surface area contributed by atoms with Crippen LogP contribution in [0, 0.1) is 0 Å². The van der Waals surface area contributed by atoms with E-state index in [-0.39, 0.29) is 0 Å². The smallest absolute Gasteiger partial charge is 0.251 e. The number of nitrogens with two attached hydrogens (primary N) is 1. The van der Waals surface area contributed by atoms with Crippen molar-refractivity contribution in [3.05, 3.63) is 60.0 Å². The number of aryl methyl sites for hydroxylation is 1. The predicted octanol–water partition coefficient (Wildman–Crippen LogP) is 3.46. The number of hydrogen-bond acceptors (Lipinski definition) is 5. The van der Waals surface area contributed by atoms with E-state index >= 15 is 0 Å². The zero-order chi connectivity index (χ0) is 21.4. The Bertz CT molecular complexity index is 1270. The van der Waals surface area contributed by atoms with Gasteiger partial charge in [-0.25, -0.2) is 4.98 Å². The van der Waals surface area contributed by atoms with Crippen molar-refractivity contribution in [2.24, 2.45) is 5.73 Å². The summed E-state index contributed by atoms with van der Waals surface area (Å²) in [6.45, 7) is 5.01. The van der Waals surface area contributed by atoms with E-state index in [1.165, 1.54) is 0 Å². The van der Waals surface area contributed by atoms with E-state index in [0.29, 0.717) is 24.3 Å². The molecule has 2 aromatic heterocycles. The molecule has 0 saturated carbocycles. The molecule has 1 fully saturated rings. The molecule has 3 heterocycles. The molecule has 0 atom stereocenters. The Kier molecular flexibility index (Phi) is 5.03. The van der Waals surface area contributed by atoms with Crippen LogP contribution in [0.4, 0.5) is 5.69 Å². The average Bonchev–Trinajstić information content (AvgIpc) is 3.16. The fourth-order valence-corrected chi connectivity index (χ4v) is 4.34. The molecule has 1 saturated heterocycles. The van der Waals surface area contributed by atoms with Crippen molar-refractivity contribution in [1.29, 1.82) is 0 Å². The number of para-hydroxylation sites is 1. The monoisotopic (exact) mass is 415 g/mol. The minimum absolute atomic E-state index is 0.452. The molecule has 7 heteroatoms. The summed E-state index contributed by atoms with van der Waals surface area (Å²) in [5.41, 5.74) is 10.7. The maximum absolute atomic E-state index is 12.4. The maximum atomic E-state index is 12.4. The summed E-state index contributed by atoms with van der Waals surface area (Å²) in [5.74, 6) is 0.447. The molecular formula is C24H25N5O2. The van der Waals surface area contributed by atoms with Crippen LogP contribution in [0.2, 0.25) is 0 Å². The third-order valence-electron chi connectivity index (χ3n) is 5.80. The summed E-state index contributed by atoms with van der Waals surface area (Å²) in [4.78, 5) is 24.0. The normalized spacial score (nSPS) is 14.4. The highest BCUT2D eigenvalue weighted by Crippen LogP contribution is 2.32. The highest BCUT2D eigenvalue weighted by molar-refractivity contribution is 6.06. The van der Waals surface area contributed by atoms with E-state index in [0.717, 1.165) is 59.5 Å². The fourth-order valence-electron chi connectivity index (χ4n) is 4.34. The van der Waals surface area contributed by atoms with Gasteiger partial charge in [-0.1, -0.05) is 25.1 Å². The highest BCUT2D eigenvalue weighted by Gasteiger charge is 2.22. The molecule has 31 heavy (non-hydrogen) atoms. The van der Waals surface area contributed by atoms with Crippen LogP contribution in [0.25, 0.3) is 27.6 Å². The number of hydrogen-bond donors (Lipinski definition) is 1. The van der Waals surface area contributed by atoms with E-state index in [1.807, 2.05) is 36.5 Å². The first-order chi connectivity index (χ1) is 15.2. The number of amides is 1. The van der Waals surface area contributed by atoms with E-state index in [1.54, 1.807) is 0 Å². The second kappa shape index (κ2) is 8.00. The van der Waals surface area contributed by atoms with E-state index in [2.05, 4.69) is 33.5 Å². The number of imidazole rings is 1. The van der Waals surface area contributed by atoms with Crippen LogP contribution in [-0.4, -0.2) is 46.7 Å². The molecule has 0 spiro atoms. The van der Waals surface area contributed by atoms with Crippen molar-refractivity contribution in [3.63, 3.8) is 0 Å². The van der Waals surface area contributed by atoms with Gasteiger partial charge in [0.15, 0.2) is 0 Å². The van der Waals surface area contributed by atoms with Crippen LogP contribution in [0.15, 0.2) is 48.7 Å². The quantitative estimate of drug-likeness (QED) is 0.539. The van der Waals surface area contributed by atoms with Gasteiger partial charge in [0.2, 0.25) is 0 Å². The Morgan fingerprint density at radius 1 is 1.16 bits per heavy atom. The van der Waals surface area contributed by atoms with Gasteiger partial charge in [-0.3, -0.25) is 14.3 Å². The number of carbonyl (C=O) groups is 1. The zero-order valence-corrected chi connectivity index (χ0v) is 17.5. The molecule has 4 aromatic rings. The molecule has 1 amide bonds. The van der Waals surface area contributed by atoms with Gasteiger partial charge < -0.3 is 15.4 Å². The van der Waals surface area contributed by atoms with Crippen molar-refractivity contribution in [1.82, 2.24) is 14.5 Å². The number of anilines is 1. The Balaban J connectivity index is 1.82. The Morgan fingerprint density at radius 2 is 1.97 bits per heavy atom. The van der Waals surface area contributed by atoms with Crippen LogP contribution >= 0.6 is 0 Å². The number of primary amides is 1. The number of fused-ring (bicyclic) bond motifs is 2. The third kappa shape index (κ3) is 3.41. The van der Waals surface area contributed by atoms with Crippen LogP contribution in [0.5, 0.6) is 0 Å². The number of ether oxygens (including phenoxy) is 1. The molecule has 2 aromatic carbocycles. The Morgan fingerprint density at radius 3 is 2.74 bits per heavy atom. The van der Waals surface area contributed by atoms with Crippen LogP contribution in [0.3, 0.4) is 0 Å². The van der Waals surface area contributed by atoms with Gasteiger partial charge in [-0.15, -0.1) is 0 Å². The molecule has 0 radical (unpaired) electrons. The predicted molar refractivity (Wildman–Crippen MR) is 122 cm³/mol. The van der Waals surface area contributed by atoms with Crippen LogP contribution < -0.4 is 10.6 Å². The number of benzene rings is 2. The zero-order valence-electron chi connectivity index (χ0n) is 17.5. The van der Waals surface area contributed by atoms with Gasteiger partial charge in [0.05, 0.1) is 35.5 Å². The Hall–Kier alpha value is -3.45. The summed E-state index contributed by atoms with van der Waals surface area (Å²) in [7, 11) is 0. The molecule has 1 aliphatic heterocycles. The molecule has 0 bridgehead atoms. The van der Waals surface area contributed by atoms with Crippen LogP contribution in [-0.2, 0) is 11.2 Å². The minimum atomic E-state index is -0.465. The maximum Gasteiger partial charge on any atom is 0.251 e. The van der Waals surface area contributed by atoms with Crippen molar-refractivity contribution >= 4 is 33.5 Å². The second-order valence-corrected chi connectivity index (χ2v) is 7.79. The molecular weight excluding hydrogens is 390 g/mol. The average molecular weight is 415 g/mol. The lowest BCUT2D eigenvalue weighted by Crippen LogP contribution is -2.36. The van der Waals surface area contributed by atoms with Crippen molar-refractivity contribution in [2.75, 3.05) is 31.2 Å². The first-order valence-electron chi connectivity index (χ1n) is 10.7. The summed E-state index contributed by atoms with van der Waals surface area (Å²) in [6, 6.07) is 14.1. The van der Waals surface area contributed by atoms with Gasteiger partial charge >= 0.3 is 0 Å². The lowest BCUT2D eigenvalue weighted by atomic mass is 10.1. The van der Waals surface area contributed by atoms with Gasteiger partial charge in [-0.2, -0.15) is 0 Å². The number of pyridine rings is 1. The first-order valence-corrected chi connectivity index (χ1v) is 10.7. The number of carbonyl (C=O) groups excluding carboxylic acids is 1. The molecule has 2 N–H and O–H groups in total. The summed E-state index contributed by atoms with van der Waals surface area (Å²) >= 11 is 0. The van der Waals surface area contributed by atoms with E-state index in [4.69, 9.17) is 15.5 Å². The molecule has 7 nitrogen and oxygen atoms in total. The van der Waals surface area contributed by atoms with Gasteiger partial charge in [0, 0.05) is 36.8 Å². The lowest BCUT2D eigenvalue weighted by Gasteiger charge is -2.29. The topological polar surface area (TPSA) is 86.3 Å². The fraction of sp³-hybridized carbons (Fsp3) is 0.292. The van der Waals surface area contributed by atoms with Gasteiger partial charge in [0.1, 0.15) is 11.3 Å². The largest absolute Gasteiger partial charge is 0.378 e. The minimum Gasteiger partial charge on any atom is -0.378 e. The Labute approximate surface area is 180 Å². The summed E-state index contributed by atoms with van der Waals surface area (Å²) < 4.78 is 7.67. The first kappa shape index (κ1) is 19.5. The lowest BCUT2D eigenvalue weighted by molar-refractivity contribution is 0.100. The summed E-state index contributed by atoms with van der Waals surface area (Å²) in [6.07, 6.45) is 3.55. The van der Waals surface area contributed by atoms with Crippen molar-refractivity contribution in [2.45, 2.75) is 19.8 Å². The number of nitrogens with zero attached hydrogens (tertiary/aromatic N) is 4. The molecule has 5 rings (SSSR count). The SMILES string of the molecule is CCCc1nc2c(C(N)=O)cc(N3CCOCC3)cc2n1-c1ccnc2ccccc12. The van der Waals surface area contributed by atoms with E-state index < -0.39 is 5.91 Å². The summed E-state index contributed by atoms with van der Waals surface area (Å²) in [5, 5.41) is 1.04. The second-order valence-electron chi connectivity index (χ2n) is 7.79. The molecule has 1 aliphatic rings. The number of rotatable bonds is 5. The van der Waals surface area contributed by atoms with Crippen molar-refractivity contribution < 1.29 is 9.53 Å². The standard InChI is InChI=1S/C24H25N5O2/c1-2-5-22-27-23-18(24(25)30)14-16(28-10-12-31-13-11-28)15-21(23)29(22)20-8-9-26-19-7-4-3-6-17(19)20/h3-4,6-9,14-15H,2,5,10-13H2,1H3,(H2,25,30). The van der Waals surface area contributed by atoms with Gasteiger partial charge in [0.25, 0.3) is 5.91 Å². The number of morpholine rings is 1. The van der Waals surface area contributed by atoms with Crippen molar-refractivity contribution in [3.8, 4) is 5.69 Å². The highest BCUT2D eigenvalue weighted by atomic mass is 16.5. The van der Waals surface area contributed by atoms with E-state index in [9.17, 15) is 4.79 Å². The molecule has 158 valence electrons. The molecule has 0 unspecified atom stereocenters. The van der Waals surface area contributed by atoms with Gasteiger partial charge in [-0.05, 0) is 30.7 Å².